The molecule has 1 aromatic rings. The summed E-state index contributed by atoms with van der Waals surface area (Å²) in [6.45, 7) is 3.46. The quantitative estimate of drug-likeness (QED) is 0.889. The van der Waals surface area contributed by atoms with Crippen LogP contribution in [-0.2, 0) is 11.3 Å². The van der Waals surface area contributed by atoms with Crippen molar-refractivity contribution >= 4 is 29.1 Å². The Morgan fingerprint density at radius 3 is 3.19 bits per heavy atom. The van der Waals surface area contributed by atoms with Gasteiger partial charge in [-0.05, 0) is 6.92 Å². The van der Waals surface area contributed by atoms with Crippen LogP contribution in [0.2, 0.25) is 0 Å². The molecule has 1 atom stereocenters. The first kappa shape index (κ1) is 11.9. The average molecular weight is 258 g/mol. The summed E-state index contributed by atoms with van der Waals surface area (Å²) in [7, 11) is 0. The summed E-state index contributed by atoms with van der Waals surface area (Å²) in [6, 6.07) is -0.358. The Bertz CT molecular complexity index is 381. The zero-order valence-corrected chi connectivity index (χ0v) is 10.7. The van der Waals surface area contributed by atoms with Gasteiger partial charge in [0.05, 0.1) is 6.54 Å². The topological polar surface area (TPSA) is 53.4 Å². The first-order valence-corrected chi connectivity index (χ1v) is 7.16. The van der Waals surface area contributed by atoms with E-state index in [1.165, 1.54) is 0 Å². The maximum atomic E-state index is 11.1. The highest BCUT2D eigenvalue weighted by molar-refractivity contribution is 7.99. The molecule has 1 aliphatic rings. The van der Waals surface area contributed by atoms with E-state index < -0.39 is 5.97 Å². The molecular formula is C10H14N2O2S2. The van der Waals surface area contributed by atoms with Gasteiger partial charge in [0.25, 0.3) is 0 Å². The zero-order chi connectivity index (χ0) is 11.5. The molecule has 0 spiro atoms. The van der Waals surface area contributed by atoms with Crippen LogP contribution in [-0.4, -0.2) is 45.1 Å². The summed E-state index contributed by atoms with van der Waals surface area (Å²) in [5.74, 6) is 0.967. The van der Waals surface area contributed by atoms with E-state index in [1.807, 2.05) is 17.2 Å². The molecule has 2 heterocycles. The highest BCUT2D eigenvalue weighted by Crippen LogP contribution is 2.20. The van der Waals surface area contributed by atoms with Gasteiger partial charge in [0, 0.05) is 29.1 Å². The lowest BCUT2D eigenvalue weighted by Gasteiger charge is -2.31. The van der Waals surface area contributed by atoms with Crippen LogP contribution in [0.1, 0.15) is 10.7 Å². The minimum atomic E-state index is -0.722. The van der Waals surface area contributed by atoms with Crippen LogP contribution in [0.15, 0.2) is 5.38 Å². The number of hydrogen-bond donors (Lipinski definition) is 1. The number of thiazole rings is 1. The maximum absolute atomic E-state index is 11.1. The second-order valence-corrected chi connectivity index (χ2v) is 5.87. The minimum Gasteiger partial charge on any atom is -0.480 e. The van der Waals surface area contributed by atoms with Gasteiger partial charge in [-0.1, -0.05) is 0 Å². The highest BCUT2D eigenvalue weighted by atomic mass is 32.2. The van der Waals surface area contributed by atoms with Crippen LogP contribution >= 0.6 is 23.1 Å². The summed E-state index contributed by atoms with van der Waals surface area (Å²) in [4.78, 5) is 17.5. The lowest BCUT2D eigenvalue weighted by Crippen LogP contribution is -2.46. The van der Waals surface area contributed by atoms with Crippen molar-refractivity contribution in [3.05, 3.63) is 16.1 Å². The summed E-state index contributed by atoms with van der Waals surface area (Å²) in [5.41, 5.74) is 1.01. The third-order valence-corrected chi connectivity index (χ3v) is 4.50. The van der Waals surface area contributed by atoms with E-state index in [2.05, 4.69) is 4.98 Å². The van der Waals surface area contributed by atoms with E-state index in [-0.39, 0.29) is 6.04 Å². The van der Waals surface area contributed by atoms with Crippen molar-refractivity contribution in [1.82, 2.24) is 9.88 Å². The van der Waals surface area contributed by atoms with Crippen molar-refractivity contribution in [2.24, 2.45) is 0 Å². The predicted molar refractivity (Wildman–Crippen MR) is 66.0 cm³/mol. The Kier molecular flexibility index (Phi) is 3.83. The Morgan fingerprint density at radius 1 is 1.75 bits per heavy atom. The van der Waals surface area contributed by atoms with Crippen molar-refractivity contribution in [2.45, 2.75) is 19.5 Å². The molecule has 16 heavy (non-hydrogen) atoms. The molecule has 0 bridgehead atoms. The second kappa shape index (κ2) is 5.16. The van der Waals surface area contributed by atoms with Crippen LogP contribution in [0, 0.1) is 6.92 Å². The summed E-state index contributed by atoms with van der Waals surface area (Å²) in [5, 5.41) is 12.1. The van der Waals surface area contributed by atoms with Crippen LogP contribution in [0.25, 0.3) is 0 Å². The predicted octanol–water partition coefficient (Wildman–Crippen LogP) is 1.45. The first-order chi connectivity index (χ1) is 7.66. The van der Waals surface area contributed by atoms with Crippen molar-refractivity contribution in [3.8, 4) is 0 Å². The number of thioether (sulfide) groups is 1. The lowest BCUT2D eigenvalue weighted by molar-refractivity contribution is -0.142. The molecule has 0 aliphatic carbocycles. The molecule has 1 aliphatic heterocycles. The molecule has 2 rings (SSSR count). The molecule has 1 N–H and O–H groups in total. The molecule has 1 fully saturated rings. The van der Waals surface area contributed by atoms with Crippen LogP contribution in [0.5, 0.6) is 0 Å². The number of aryl methyl sites for hydroxylation is 1. The van der Waals surface area contributed by atoms with Crippen LogP contribution in [0.3, 0.4) is 0 Å². The Hall–Kier alpha value is -0.590. The number of carboxylic acids is 1. The molecule has 1 saturated heterocycles. The summed E-state index contributed by atoms with van der Waals surface area (Å²) < 4.78 is 0. The molecule has 0 saturated carbocycles. The SMILES string of the molecule is Cc1csc(CN2CCSCC2C(=O)O)n1. The summed E-state index contributed by atoms with van der Waals surface area (Å²) >= 11 is 3.32. The Labute approximate surface area is 103 Å². The van der Waals surface area contributed by atoms with Crippen molar-refractivity contribution in [3.63, 3.8) is 0 Å². The van der Waals surface area contributed by atoms with Crippen molar-refractivity contribution < 1.29 is 9.90 Å². The van der Waals surface area contributed by atoms with Crippen molar-refractivity contribution in [1.29, 1.82) is 0 Å². The van der Waals surface area contributed by atoms with Gasteiger partial charge in [-0.3, -0.25) is 9.69 Å². The van der Waals surface area contributed by atoms with E-state index in [1.54, 1.807) is 23.1 Å². The van der Waals surface area contributed by atoms with Gasteiger partial charge in [-0.2, -0.15) is 11.8 Å². The van der Waals surface area contributed by atoms with Crippen LogP contribution in [0.4, 0.5) is 0 Å². The molecule has 4 nitrogen and oxygen atoms in total. The summed E-state index contributed by atoms with van der Waals surface area (Å²) in [6.07, 6.45) is 0. The maximum Gasteiger partial charge on any atom is 0.321 e. The average Bonchev–Trinajstić information content (AvgIpc) is 2.64. The number of nitrogens with zero attached hydrogens (tertiary/aromatic N) is 2. The Morgan fingerprint density at radius 2 is 2.56 bits per heavy atom. The van der Waals surface area contributed by atoms with E-state index in [0.29, 0.717) is 12.3 Å². The van der Waals surface area contributed by atoms with E-state index in [0.717, 1.165) is 23.0 Å². The van der Waals surface area contributed by atoms with Crippen molar-refractivity contribution in [2.75, 3.05) is 18.1 Å². The molecule has 88 valence electrons. The second-order valence-electron chi connectivity index (χ2n) is 3.78. The molecule has 0 radical (unpaired) electrons. The lowest BCUT2D eigenvalue weighted by atomic mass is 10.2. The Balaban J connectivity index is 2.03. The van der Waals surface area contributed by atoms with E-state index in [9.17, 15) is 4.79 Å². The number of aliphatic carboxylic acids is 1. The number of rotatable bonds is 3. The largest absolute Gasteiger partial charge is 0.480 e. The minimum absolute atomic E-state index is 0.358. The van der Waals surface area contributed by atoms with Gasteiger partial charge >= 0.3 is 5.97 Å². The zero-order valence-electron chi connectivity index (χ0n) is 9.05. The number of hydrogen-bond acceptors (Lipinski definition) is 5. The standard InChI is InChI=1S/C10H14N2O2S2/c1-7-5-16-9(11-7)4-12-2-3-15-6-8(12)10(13)14/h5,8H,2-4,6H2,1H3,(H,13,14). The molecule has 6 heteroatoms. The highest BCUT2D eigenvalue weighted by Gasteiger charge is 2.29. The number of carbonyl (C=O) groups is 1. The van der Waals surface area contributed by atoms with Gasteiger partial charge in [0.2, 0.25) is 0 Å². The fraction of sp³-hybridized carbons (Fsp3) is 0.600. The molecule has 0 amide bonds. The fourth-order valence-electron chi connectivity index (χ4n) is 1.70. The van der Waals surface area contributed by atoms with Crippen LogP contribution < -0.4 is 0 Å². The number of carboxylic acid groups (broad SMARTS) is 1. The first-order valence-electron chi connectivity index (χ1n) is 5.12. The van der Waals surface area contributed by atoms with Gasteiger partial charge in [-0.15, -0.1) is 11.3 Å². The molecule has 1 unspecified atom stereocenters. The fourth-order valence-corrected chi connectivity index (χ4v) is 3.61. The van der Waals surface area contributed by atoms with E-state index >= 15 is 0 Å². The van der Waals surface area contributed by atoms with Gasteiger partial charge in [-0.25, -0.2) is 4.98 Å². The monoisotopic (exact) mass is 258 g/mol. The van der Waals surface area contributed by atoms with Gasteiger partial charge in [0.1, 0.15) is 11.0 Å². The number of aromatic nitrogens is 1. The van der Waals surface area contributed by atoms with E-state index in [4.69, 9.17) is 5.11 Å². The molecule has 0 aromatic carbocycles. The third-order valence-electron chi connectivity index (χ3n) is 2.53. The van der Waals surface area contributed by atoms with Gasteiger partial charge in [0.15, 0.2) is 0 Å². The third kappa shape index (κ3) is 2.75. The van der Waals surface area contributed by atoms with Gasteiger partial charge < -0.3 is 5.11 Å². The molecule has 1 aromatic heterocycles. The smallest absolute Gasteiger partial charge is 0.321 e. The molecular weight excluding hydrogens is 244 g/mol. The normalized spacial score (nSPS) is 22.2.